The second-order valence-corrected chi connectivity index (χ2v) is 6.99. The van der Waals surface area contributed by atoms with Crippen LogP contribution in [0.15, 0.2) is 43.1 Å². The summed E-state index contributed by atoms with van der Waals surface area (Å²) in [5, 5.41) is 14.2. The summed E-state index contributed by atoms with van der Waals surface area (Å²) < 4.78 is 16.0. The molecule has 0 radical (unpaired) electrons. The smallest absolute Gasteiger partial charge is 0.251 e. The van der Waals surface area contributed by atoms with Crippen LogP contribution in [0.4, 0.5) is 17.3 Å². The number of nitrogens with zero attached hydrogens (tertiary/aromatic N) is 3. The molecule has 1 heterocycles. The van der Waals surface area contributed by atoms with E-state index in [0.29, 0.717) is 45.4 Å². The summed E-state index contributed by atoms with van der Waals surface area (Å²) in [4.78, 5) is 16.9. The van der Waals surface area contributed by atoms with Crippen molar-refractivity contribution >= 4 is 29.3 Å². The predicted octanol–water partition coefficient (Wildman–Crippen LogP) is 3.36. The number of aromatic nitrogens is 3. The number of hydrogen-bond acceptors (Lipinski definition) is 9. The quantitative estimate of drug-likeness (QED) is 0.420. The Morgan fingerprint density at radius 2 is 1.79 bits per heavy atom. The maximum absolute atomic E-state index is 12.6. The first kappa shape index (κ1) is 23.3. The van der Waals surface area contributed by atoms with Gasteiger partial charge in [0.1, 0.15) is 5.69 Å². The van der Waals surface area contributed by atoms with Crippen molar-refractivity contribution in [3.8, 4) is 17.2 Å². The van der Waals surface area contributed by atoms with Crippen molar-refractivity contribution in [1.82, 2.24) is 20.5 Å². The monoisotopic (exact) mass is 450 g/mol. The van der Waals surface area contributed by atoms with Gasteiger partial charge in [-0.25, -0.2) is 4.98 Å². The lowest BCUT2D eigenvalue weighted by Crippen LogP contribution is -2.27. The van der Waals surface area contributed by atoms with E-state index in [1.807, 2.05) is 0 Å². The number of nitrogens with one attached hydrogen (secondary N) is 2. The molecule has 1 atom stereocenters. The van der Waals surface area contributed by atoms with E-state index in [1.165, 1.54) is 27.5 Å². The fourth-order valence-corrected chi connectivity index (χ4v) is 3.07. The van der Waals surface area contributed by atoms with Crippen LogP contribution in [-0.4, -0.2) is 42.4 Å². The fraction of sp³-hybridized carbons (Fsp3) is 0.217. The molecule has 10 nitrogen and oxygen atoms in total. The van der Waals surface area contributed by atoms with Gasteiger partial charge < -0.3 is 30.6 Å². The maximum Gasteiger partial charge on any atom is 0.251 e. The standard InChI is InChI=1S/C23H26N6O4/c1-6-14-9-15(7-8-17(14)24)22(30)26-13(2)18-12-25-23(29-28-18)27-16-10-19(31-3)21(33-5)20(11-16)32-4/h6-13H,1,24H2,2-5H3,(H,26,30)(H,25,27,29). The van der Waals surface area contributed by atoms with Gasteiger partial charge in [0.15, 0.2) is 11.5 Å². The van der Waals surface area contributed by atoms with Crippen molar-refractivity contribution in [3.63, 3.8) is 0 Å². The highest BCUT2D eigenvalue weighted by molar-refractivity contribution is 5.95. The molecule has 0 aliphatic heterocycles. The molecule has 33 heavy (non-hydrogen) atoms. The first-order valence-corrected chi connectivity index (χ1v) is 9.99. The first-order chi connectivity index (χ1) is 15.9. The lowest BCUT2D eigenvalue weighted by Gasteiger charge is -2.15. The summed E-state index contributed by atoms with van der Waals surface area (Å²) in [5.74, 6) is 1.45. The van der Waals surface area contributed by atoms with E-state index in [9.17, 15) is 4.79 Å². The minimum absolute atomic E-state index is 0.265. The van der Waals surface area contributed by atoms with Gasteiger partial charge in [-0.15, -0.1) is 10.2 Å². The molecule has 0 saturated carbocycles. The SMILES string of the molecule is C=Cc1cc(C(=O)NC(C)c2cnc(Nc3cc(OC)c(OC)c(OC)c3)nn2)ccc1N. The van der Waals surface area contributed by atoms with Crippen LogP contribution in [-0.2, 0) is 0 Å². The van der Waals surface area contributed by atoms with E-state index in [4.69, 9.17) is 19.9 Å². The number of methoxy groups -OCH3 is 3. The summed E-state index contributed by atoms with van der Waals surface area (Å²) in [6.45, 7) is 5.50. The van der Waals surface area contributed by atoms with Gasteiger partial charge >= 0.3 is 0 Å². The van der Waals surface area contributed by atoms with Crippen molar-refractivity contribution in [2.45, 2.75) is 13.0 Å². The van der Waals surface area contributed by atoms with Crippen molar-refractivity contribution in [1.29, 1.82) is 0 Å². The minimum Gasteiger partial charge on any atom is -0.493 e. The van der Waals surface area contributed by atoms with Gasteiger partial charge in [-0.05, 0) is 30.7 Å². The average molecular weight is 450 g/mol. The number of rotatable bonds is 9. The highest BCUT2D eigenvalue weighted by atomic mass is 16.5. The molecule has 2 aromatic carbocycles. The van der Waals surface area contributed by atoms with E-state index >= 15 is 0 Å². The Kier molecular flexibility index (Phi) is 7.29. The molecule has 10 heteroatoms. The number of ether oxygens (including phenoxy) is 3. The van der Waals surface area contributed by atoms with Crippen LogP contribution in [0.5, 0.6) is 17.2 Å². The Balaban J connectivity index is 1.71. The highest BCUT2D eigenvalue weighted by Crippen LogP contribution is 2.40. The lowest BCUT2D eigenvalue weighted by atomic mass is 10.1. The Hall–Kier alpha value is -4.34. The molecule has 0 saturated heterocycles. The molecule has 3 rings (SSSR count). The Morgan fingerprint density at radius 1 is 1.09 bits per heavy atom. The zero-order valence-electron chi connectivity index (χ0n) is 18.9. The topological polar surface area (TPSA) is 134 Å². The summed E-state index contributed by atoms with van der Waals surface area (Å²) in [5.41, 5.74) is 8.69. The molecular weight excluding hydrogens is 424 g/mol. The summed E-state index contributed by atoms with van der Waals surface area (Å²) >= 11 is 0. The van der Waals surface area contributed by atoms with Crippen molar-refractivity contribution in [2.24, 2.45) is 0 Å². The Labute approximate surface area is 191 Å². The van der Waals surface area contributed by atoms with Crippen LogP contribution in [0.2, 0.25) is 0 Å². The van der Waals surface area contributed by atoms with E-state index in [2.05, 4.69) is 32.4 Å². The van der Waals surface area contributed by atoms with Gasteiger partial charge in [0.2, 0.25) is 11.7 Å². The molecule has 4 N–H and O–H groups in total. The molecule has 0 aliphatic carbocycles. The highest BCUT2D eigenvalue weighted by Gasteiger charge is 2.16. The molecule has 0 spiro atoms. The number of amides is 1. The number of carbonyl (C=O) groups excluding carboxylic acids is 1. The molecule has 0 fully saturated rings. The molecule has 0 aliphatic rings. The van der Waals surface area contributed by atoms with Crippen LogP contribution < -0.4 is 30.6 Å². The molecule has 3 aromatic rings. The molecule has 0 bridgehead atoms. The van der Waals surface area contributed by atoms with Gasteiger partial charge in [-0.2, -0.15) is 0 Å². The average Bonchev–Trinajstić information content (AvgIpc) is 2.83. The first-order valence-electron chi connectivity index (χ1n) is 9.99. The van der Waals surface area contributed by atoms with E-state index in [1.54, 1.807) is 43.3 Å². The molecule has 1 aromatic heterocycles. The van der Waals surface area contributed by atoms with E-state index in [-0.39, 0.29) is 11.9 Å². The maximum atomic E-state index is 12.6. The van der Waals surface area contributed by atoms with Crippen LogP contribution in [0.25, 0.3) is 6.08 Å². The number of hydrogen-bond donors (Lipinski definition) is 3. The van der Waals surface area contributed by atoms with Gasteiger partial charge in [0.25, 0.3) is 5.91 Å². The molecule has 172 valence electrons. The predicted molar refractivity (Wildman–Crippen MR) is 126 cm³/mol. The summed E-state index contributed by atoms with van der Waals surface area (Å²) in [7, 11) is 4.60. The zero-order chi connectivity index (χ0) is 24.0. The summed E-state index contributed by atoms with van der Waals surface area (Å²) in [6, 6.07) is 8.04. The van der Waals surface area contributed by atoms with Gasteiger partial charge in [0, 0.05) is 29.1 Å². The van der Waals surface area contributed by atoms with E-state index < -0.39 is 6.04 Å². The third kappa shape index (κ3) is 5.29. The second kappa shape index (κ2) is 10.3. The summed E-state index contributed by atoms with van der Waals surface area (Å²) in [6.07, 6.45) is 3.14. The number of nitrogen functional groups attached to an aromatic ring is 1. The number of carbonyl (C=O) groups is 1. The minimum atomic E-state index is -0.419. The van der Waals surface area contributed by atoms with E-state index in [0.717, 1.165) is 0 Å². The number of benzene rings is 2. The van der Waals surface area contributed by atoms with Crippen molar-refractivity contribution in [3.05, 3.63) is 59.9 Å². The molecule has 1 amide bonds. The van der Waals surface area contributed by atoms with Gasteiger partial charge in [-0.3, -0.25) is 4.79 Å². The Bertz CT molecular complexity index is 1130. The van der Waals surface area contributed by atoms with Crippen LogP contribution in [0.3, 0.4) is 0 Å². The lowest BCUT2D eigenvalue weighted by molar-refractivity contribution is 0.0939. The van der Waals surface area contributed by atoms with Gasteiger partial charge in [-0.1, -0.05) is 12.7 Å². The molecule has 1 unspecified atom stereocenters. The molecular formula is C23H26N6O4. The third-order valence-corrected chi connectivity index (χ3v) is 4.86. The zero-order valence-corrected chi connectivity index (χ0v) is 18.9. The normalized spacial score (nSPS) is 11.3. The van der Waals surface area contributed by atoms with Crippen LogP contribution in [0.1, 0.15) is 34.6 Å². The van der Waals surface area contributed by atoms with Crippen LogP contribution in [0, 0.1) is 0 Å². The Morgan fingerprint density at radius 3 is 2.33 bits per heavy atom. The largest absolute Gasteiger partial charge is 0.493 e. The van der Waals surface area contributed by atoms with Crippen molar-refractivity contribution in [2.75, 3.05) is 32.4 Å². The third-order valence-electron chi connectivity index (χ3n) is 4.86. The second-order valence-electron chi connectivity index (χ2n) is 6.99. The van der Waals surface area contributed by atoms with Gasteiger partial charge in [0.05, 0.1) is 33.6 Å². The van der Waals surface area contributed by atoms with Crippen LogP contribution >= 0.6 is 0 Å². The fourth-order valence-electron chi connectivity index (χ4n) is 3.07. The van der Waals surface area contributed by atoms with Crippen molar-refractivity contribution < 1.29 is 19.0 Å². The number of anilines is 3. The number of nitrogens with two attached hydrogens (primary N) is 1.